The van der Waals surface area contributed by atoms with E-state index in [1.165, 1.54) is 13.2 Å². The summed E-state index contributed by atoms with van der Waals surface area (Å²) in [6.07, 6.45) is 2.49. The van der Waals surface area contributed by atoms with Crippen LogP contribution in [0.3, 0.4) is 0 Å². The standard InChI is InChI=1S/C25H27F3N4O3.2ClH/c1-33-16-9-18-17(20(27)12-31-25(18)19(26)10-16)2-4-32-5-3-22(21(28)14-32)30-11-15-8-23-24(13-29-15)35-7-6-34-23;;/h8-10,12-13,21-22,30H,2-7,11,14H2,1H3;2*1H. The Balaban J connectivity index is 0.00000190. The number of likely N-dealkylation sites (tertiary alicyclic amines) is 1. The normalized spacial score (nSPS) is 19.1. The molecule has 2 aliphatic rings. The van der Waals surface area contributed by atoms with Crippen LogP contribution in [0, 0.1) is 11.6 Å². The maximum absolute atomic E-state index is 15.0. The van der Waals surface area contributed by atoms with Crippen LogP contribution in [0.25, 0.3) is 10.9 Å². The van der Waals surface area contributed by atoms with Crippen LogP contribution in [0.15, 0.2) is 30.6 Å². The summed E-state index contributed by atoms with van der Waals surface area (Å²) in [4.78, 5) is 10.2. The van der Waals surface area contributed by atoms with E-state index in [9.17, 15) is 13.2 Å². The molecule has 37 heavy (non-hydrogen) atoms. The summed E-state index contributed by atoms with van der Waals surface area (Å²) in [6.45, 7) is 2.76. The number of alkyl halides is 1. The molecule has 2 aliphatic heterocycles. The highest BCUT2D eigenvalue weighted by Gasteiger charge is 2.29. The SMILES string of the molecule is COc1cc(F)c2ncc(F)c(CCN3CCC(NCc4cc5c(cn4)OCCO5)C(F)C3)c2c1.Cl.Cl. The van der Waals surface area contributed by atoms with Crippen LogP contribution in [-0.2, 0) is 13.0 Å². The van der Waals surface area contributed by atoms with Gasteiger partial charge in [-0.2, -0.15) is 0 Å². The van der Waals surface area contributed by atoms with Gasteiger partial charge in [0.15, 0.2) is 17.3 Å². The van der Waals surface area contributed by atoms with E-state index in [1.54, 1.807) is 12.3 Å². The molecular weight excluding hydrogens is 532 g/mol. The summed E-state index contributed by atoms with van der Waals surface area (Å²) in [5.74, 6) is 0.500. The molecule has 5 rings (SSSR count). The first kappa shape index (κ1) is 29.0. The minimum absolute atomic E-state index is 0. The highest BCUT2D eigenvalue weighted by atomic mass is 35.5. The second-order valence-electron chi connectivity index (χ2n) is 8.75. The Labute approximate surface area is 225 Å². The van der Waals surface area contributed by atoms with Gasteiger partial charge in [0.25, 0.3) is 0 Å². The first-order valence-electron chi connectivity index (χ1n) is 11.7. The van der Waals surface area contributed by atoms with Gasteiger partial charge in [-0.15, -0.1) is 24.8 Å². The molecule has 2 aromatic heterocycles. The maximum Gasteiger partial charge on any atom is 0.179 e. The first-order chi connectivity index (χ1) is 17.0. The summed E-state index contributed by atoms with van der Waals surface area (Å²) >= 11 is 0. The number of ether oxygens (including phenoxy) is 3. The largest absolute Gasteiger partial charge is 0.497 e. The van der Waals surface area contributed by atoms with E-state index in [1.807, 2.05) is 11.0 Å². The Morgan fingerprint density at radius 3 is 2.59 bits per heavy atom. The summed E-state index contributed by atoms with van der Waals surface area (Å²) in [5, 5.41) is 3.63. The quantitative estimate of drug-likeness (QED) is 0.462. The number of nitrogens with zero attached hydrogens (tertiary/aromatic N) is 3. The van der Waals surface area contributed by atoms with E-state index in [2.05, 4.69) is 15.3 Å². The van der Waals surface area contributed by atoms with Gasteiger partial charge in [0.1, 0.15) is 36.5 Å². The van der Waals surface area contributed by atoms with Gasteiger partial charge in [-0.05, 0) is 25.5 Å². The molecule has 1 saturated heterocycles. The minimum Gasteiger partial charge on any atom is -0.497 e. The molecule has 12 heteroatoms. The van der Waals surface area contributed by atoms with Crippen LogP contribution in [-0.4, -0.2) is 67.0 Å². The zero-order chi connectivity index (χ0) is 24.4. The Hall–Kier alpha value is -2.53. The zero-order valence-electron chi connectivity index (χ0n) is 20.2. The predicted octanol–water partition coefficient (Wildman–Crippen LogP) is 4.28. The van der Waals surface area contributed by atoms with Crippen LogP contribution in [0.2, 0.25) is 0 Å². The molecule has 4 heterocycles. The number of piperidine rings is 1. The highest BCUT2D eigenvalue weighted by molar-refractivity contribution is 5.86. The Kier molecular flexibility index (Phi) is 10.1. The Morgan fingerprint density at radius 1 is 1.05 bits per heavy atom. The van der Waals surface area contributed by atoms with Crippen molar-refractivity contribution in [1.82, 2.24) is 20.2 Å². The second kappa shape index (κ2) is 12.8. The molecule has 0 saturated carbocycles. The molecule has 202 valence electrons. The van der Waals surface area contributed by atoms with Crippen molar-refractivity contribution in [3.63, 3.8) is 0 Å². The van der Waals surface area contributed by atoms with E-state index in [0.717, 1.165) is 11.9 Å². The van der Waals surface area contributed by atoms with Crippen molar-refractivity contribution < 1.29 is 27.4 Å². The van der Waals surface area contributed by atoms with Crippen molar-refractivity contribution in [3.8, 4) is 17.2 Å². The molecule has 3 aromatic rings. The monoisotopic (exact) mass is 560 g/mol. The van der Waals surface area contributed by atoms with Crippen molar-refractivity contribution in [2.75, 3.05) is 40.0 Å². The number of fused-ring (bicyclic) bond motifs is 2. The third-order valence-corrected chi connectivity index (χ3v) is 6.53. The molecule has 0 radical (unpaired) electrons. The number of benzene rings is 1. The molecule has 2 unspecified atom stereocenters. The maximum atomic E-state index is 15.0. The number of nitrogens with one attached hydrogen (secondary N) is 1. The van der Waals surface area contributed by atoms with Gasteiger partial charge in [0, 0.05) is 48.8 Å². The number of halogens is 5. The van der Waals surface area contributed by atoms with Gasteiger partial charge in [-0.25, -0.2) is 13.2 Å². The van der Waals surface area contributed by atoms with Crippen molar-refractivity contribution in [2.45, 2.75) is 31.6 Å². The second-order valence-corrected chi connectivity index (χ2v) is 8.75. The average molecular weight is 561 g/mol. The van der Waals surface area contributed by atoms with Crippen molar-refractivity contribution in [3.05, 3.63) is 53.5 Å². The highest BCUT2D eigenvalue weighted by Crippen LogP contribution is 2.30. The molecule has 0 aliphatic carbocycles. The molecule has 1 aromatic carbocycles. The van der Waals surface area contributed by atoms with E-state index in [0.29, 0.717) is 73.9 Å². The zero-order valence-corrected chi connectivity index (χ0v) is 21.8. The van der Waals surface area contributed by atoms with E-state index in [4.69, 9.17) is 14.2 Å². The van der Waals surface area contributed by atoms with Gasteiger partial charge in [0.2, 0.25) is 0 Å². The van der Waals surface area contributed by atoms with Crippen LogP contribution < -0.4 is 19.5 Å². The van der Waals surface area contributed by atoms with Gasteiger partial charge < -0.3 is 19.5 Å². The van der Waals surface area contributed by atoms with Gasteiger partial charge >= 0.3 is 0 Å². The number of aromatic nitrogens is 2. The molecule has 0 bridgehead atoms. The van der Waals surface area contributed by atoms with Crippen LogP contribution in [0.5, 0.6) is 17.2 Å². The molecule has 1 fully saturated rings. The van der Waals surface area contributed by atoms with E-state index >= 15 is 0 Å². The van der Waals surface area contributed by atoms with Crippen molar-refractivity contribution in [2.24, 2.45) is 0 Å². The number of rotatable bonds is 7. The lowest BCUT2D eigenvalue weighted by Gasteiger charge is -2.35. The number of hydrogen-bond donors (Lipinski definition) is 1. The van der Waals surface area contributed by atoms with Gasteiger partial charge in [0.05, 0.1) is 25.2 Å². The van der Waals surface area contributed by atoms with Gasteiger partial charge in [-0.3, -0.25) is 14.9 Å². The fourth-order valence-corrected chi connectivity index (χ4v) is 4.63. The number of methoxy groups -OCH3 is 1. The summed E-state index contributed by atoms with van der Waals surface area (Å²) in [6, 6.07) is 4.32. The van der Waals surface area contributed by atoms with Crippen molar-refractivity contribution in [1.29, 1.82) is 0 Å². The molecule has 1 N–H and O–H groups in total. The predicted molar refractivity (Wildman–Crippen MR) is 138 cm³/mol. The average Bonchev–Trinajstić information content (AvgIpc) is 2.87. The minimum atomic E-state index is -1.09. The Morgan fingerprint density at radius 2 is 1.84 bits per heavy atom. The molecule has 7 nitrogen and oxygen atoms in total. The molecular formula is C25H29Cl2F3N4O3. The summed E-state index contributed by atoms with van der Waals surface area (Å²) in [7, 11) is 1.43. The van der Waals surface area contributed by atoms with Crippen LogP contribution in [0.4, 0.5) is 13.2 Å². The number of pyridine rings is 2. The topological polar surface area (TPSA) is 68.7 Å². The fourth-order valence-electron chi connectivity index (χ4n) is 4.63. The molecule has 2 atom stereocenters. The number of hydrogen-bond acceptors (Lipinski definition) is 7. The third-order valence-electron chi connectivity index (χ3n) is 6.53. The van der Waals surface area contributed by atoms with Crippen LogP contribution in [0.1, 0.15) is 17.7 Å². The van der Waals surface area contributed by atoms with Crippen LogP contribution >= 0.6 is 24.8 Å². The lowest BCUT2D eigenvalue weighted by molar-refractivity contribution is 0.103. The Bertz CT molecular complexity index is 1220. The molecule has 0 amide bonds. The van der Waals surface area contributed by atoms with Crippen molar-refractivity contribution >= 4 is 35.7 Å². The lowest BCUT2D eigenvalue weighted by atomic mass is 10.0. The third kappa shape index (κ3) is 6.49. The molecule has 0 spiro atoms. The lowest BCUT2D eigenvalue weighted by Crippen LogP contribution is -2.51. The smallest absolute Gasteiger partial charge is 0.179 e. The summed E-state index contributed by atoms with van der Waals surface area (Å²) < 4.78 is 60.1. The fraction of sp³-hybridized carbons (Fsp3) is 0.440. The first-order valence-corrected chi connectivity index (χ1v) is 11.7. The summed E-state index contributed by atoms with van der Waals surface area (Å²) in [5.41, 5.74) is 1.21. The van der Waals surface area contributed by atoms with E-state index < -0.39 is 17.8 Å². The van der Waals surface area contributed by atoms with E-state index in [-0.39, 0.29) is 42.9 Å². The van der Waals surface area contributed by atoms with Gasteiger partial charge in [-0.1, -0.05) is 0 Å².